The molecule has 0 saturated heterocycles. The van der Waals surface area contributed by atoms with Crippen molar-refractivity contribution < 1.29 is 9.13 Å². The first-order chi connectivity index (χ1) is 6.97. The number of rotatable bonds is 3. The Bertz CT molecular complexity index is 366. The minimum Gasteiger partial charge on any atom is -0.493 e. The second kappa shape index (κ2) is 4.81. The largest absolute Gasteiger partial charge is 0.493 e. The Hall–Kier alpha value is -0.800. The first-order valence-electron chi connectivity index (χ1n) is 4.74. The average molecular weight is 232 g/mol. The van der Waals surface area contributed by atoms with Crippen LogP contribution in [0.1, 0.15) is 18.1 Å². The molecule has 15 heavy (non-hydrogen) atoms. The lowest BCUT2D eigenvalue weighted by Crippen LogP contribution is -2.19. The first kappa shape index (κ1) is 12.3. The smallest absolute Gasteiger partial charge is 0.166 e. The van der Waals surface area contributed by atoms with Gasteiger partial charge in [0.25, 0.3) is 0 Å². The molecule has 0 aliphatic carbocycles. The van der Waals surface area contributed by atoms with Crippen LogP contribution >= 0.6 is 11.6 Å². The summed E-state index contributed by atoms with van der Waals surface area (Å²) in [4.78, 5) is 0. The molecule has 0 bridgehead atoms. The Morgan fingerprint density at radius 1 is 1.60 bits per heavy atom. The van der Waals surface area contributed by atoms with Gasteiger partial charge in [-0.3, -0.25) is 0 Å². The molecule has 0 aliphatic heterocycles. The molecule has 84 valence electrons. The van der Waals surface area contributed by atoms with Gasteiger partial charge in [-0.1, -0.05) is 11.6 Å². The predicted molar refractivity (Wildman–Crippen MR) is 60.1 cm³/mol. The van der Waals surface area contributed by atoms with E-state index in [4.69, 9.17) is 22.1 Å². The molecular formula is C11H15ClFNO. The van der Waals surface area contributed by atoms with Gasteiger partial charge < -0.3 is 10.5 Å². The lowest BCUT2D eigenvalue weighted by Gasteiger charge is -2.15. The normalized spacial score (nSPS) is 12.7. The van der Waals surface area contributed by atoms with Crippen molar-refractivity contribution in [2.45, 2.75) is 26.3 Å². The van der Waals surface area contributed by atoms with Crippen LogP contribution < -0.4 is 10.5 Å². The van der Waals surface area contributed by atoms with Gasteiger partial charge in [-0.15, -0.1) is 0 Å². The summed E-state index contributed by atoms with van der Waals surface area (Å²) in [7, 11) is 1.44. The summed E-state index contributed by atoms with van der Waals surface area (Å²) < 4.78 is 18.5. The molecule has 0 spiro atoms. The zero-order chi connectivity index (χ0) is 11.6. The van der Waals surface area contributed by atoms with Gasteiger partial charge in [0.1, 0.15) is 0 Å². The first-order valence-corrected chi connectivity index (χ1v) is 5.12. The molecule has 0 saturated carbocycles. The molecule has 1 aromatic rings. The van der Waals surface area contributed by atoms with E-state index >= 15 is 0 Å². The van der Waals surface area contributed by atoms with Crippen LogP contribution in [0.4, 0.5) is 4.39 Å². The lowest BCUT2D eigenvalue weighted by molar-refractivity contribution is 0.380. The summed E-state index contributed by atoms with van der Waals surface area (Å²) in [5.74, 6) is -0.196. The summed E-state index contributed by atoms with van der Waals surface area (Å²) in [6, 6.07) is 1.20. The zero-order valence-electron chi connectivity index (χ0n) is 9.10. The van der Waals surface area contributed by atoms with Crippen LogP contribution in [0.3, 0.4) is 0 Å². The van der Waals surface area contributed by atoms with E-state index in [9.17, 15) is 4.39 Å². The number of halogens is 2. The van der Waals surface area contributed by atoms with E-state index in [-0.39, 0.29) is 11.8 Å². The van der Waals surface area contributed by atoms with E-state index in [2.05, 4.69) is 0 Å². The SMILES string of the molecule is COc1c(F)cc(Cl)c(C)c1CC(C)N. The Labute approximate surface area is 94.2 Å². The quantitative estimate of drug-likeness (QED) is 0.868. The van der Waals surface area contributed by atoms with Gasteiger partial charge in [0.05, 0.1) is 7.11 Å². The van der Waals surface area contributed by atoms with Crippen molar-refractivity contribution in [1.82, 2.24) is 0 Å². The third-order valence-corrected chi connectivity index (χ3v) is 2.68. The molecule has 1 aromatic carbocycles. The van der Waals surface area contributed by atoms with E-state index in [1.54, 1.807) is 0 Å². The number of nitrogens with two attached hydrogens (primary N) is 1. The van der Waals surface area contributed by atoms with Gasteiger partial charge in [-0.25, -0.2) is 4.39 Å². The molecule has 0 amide bonds. The number of hydrogen-bond donors (Lipinski definition) is 1. The number of ether oxygens (including phenoxy) is 1. The van der Waals surface area contributed by atoms with Gasteiger partial charge in [-0.2, -0.15) is 0 Å². The average Bonchev–Trinajstić information content (AvgIpc) is 2.13. The highest BCUT2D eigenvalue weighted by atomic mass is 35.5. The number of benzene rings is 1. The van der Waals surface area contributed by atoms with Gasteiger partial charge in [0.15, 0.2) is 11.6 Å². The maximum Gasteiger partial charge on any atom is 0.166 e. The minimum atomic E-state index is -0.441. The fourth-order valence-corrected chi connectivity index (χ4v) is 1.74. The number of hydrogen-bond acceptors (Lipinski definition) is 2. The van der Waals surface area contributed by atoms with Crippen molar-refractivity contribution in [3.05, 3.63) is 28.0 Å². The van der Waals surface area contributed by atoms with Crippen LogP contribution in [0.25, 0.3) is 0 Å². The maximum absolute atomic E-state index is 13.5. The van der Waals surface area contributed by atoms with Gasteiger partial charge in [0.2, 0.25) is 0 Å². The van der Waals surface area contributed by atoms with Crippen molar-refractivity contribution in [2.75, 3.05) is 7.11 Å². The summed E-state index contributed by atoms with van der Waals surface area (Å²) >= 11 is 5.90. The van der Waals surface area contributed by atoms with Crippen LogP contribution in [-0.2, 0) is 6.42 Å². The van der Waals surface area contributed by atoms with Crippen LogP contribution in [0.2, 0.25) is 5.02 Å². The van der Waals surface area contributed by atoms with E-state index < -0.39 is 5.82 Å². The van der Waals surface area contributed by atoms with Crippen molar-refractivity contribution in [2.24, 2.45) is 5.73 Å². The molecule has 4 heteroatoms. The summed E-state index contributed by atoms with van der Waals surface area (Å²) in [6.45, 7) is 3.69. The molecule has 0 aliphatic rings. The monoisotopic (exact) mass is 231 g/mol. The second-order valence-corrected chi connectivity index (χ2v) is 4.07. The Balaban J connectivity index is 3.30. The second-order valence-electron chi connectivity index (χ2n) is 3.66. The predicted octanol–water partition coefficient (Wildman–Crippen LogP) is 2.69. The molecule has 2 N–H and O–H groups in total. The molecule has 1 unspecified atom stereocenters. The van der Waals surface area contributed by atoms with E-state index in [1.165, 1.54) is 13.2 Å². The zero-order valence-corrected chi connectivity index (χ0v) is 9.86. The fourth-order valence-electron chi connectivity index (χ4n) is 1.53. The van der Waals surface area contributed by atoms with Crippen molar-refractivity contribution >= 4 is 11.6 Å². The standard InChI is InChI=1S/C11H15ClFNO/c1-6(14)4-8-7(2)9(12)5-10(13)11(8)15-3/h5-6H,4,14H2,1-3H3. The Morgan fingerprint density at radius 2 is 2.20 bits per heavy atom. The number of methoxy groups -OCH3 is 1. The molecule has 1 atom stereocenters. The molecule has 0 fully saturated rings. The van der Waals surface area contributed by atoms with Gasteiger partial charge >= 0.3 is 0 Å². The maximum atomic E-state index is 13.5. The highest BCUT2D eigenvalue weighted by Gasteiger charge is 2.16. The highest BCUT2D eigenvalue weighted by molar-refractivity contribution is 6.31. The molecular weight excluding hydrogens is 217 g/mol. The molecule has 1 rings (SSSR count). The third kappa shape index (κ3) is 2.61. The van der Waals surface area contributed by atoms with Crippen molar-refractivity contribution in [1.29, 1.82) is 0 Å². The van der Waals surface area contributed by atoms with Crippen LogP contribution in [0.15, 0.2) is 6.07 Å². The van der Waals surface area contributed by atoms with E-state index in [0.717, 1.165) is 11.1 Å². The lowest BCUT2D eigenvalue weighted by atomic mass is 10.0. The van der Waals surface area contributed by atoms with Crippen molar-refractivity contribution in [3.63, 3.8) is 0 Å². The van der Waals surface area contributed by atoms with Crippen LogP contribution in [0.5, 0.6) is 5.75 Å². The summed E-state index contributed by atoms with van der Waals surface area (Å²) in [5.41, 5.74) is 7.27. The highest BCUT2D eigenvalue weighted by Crippen LogP contribution is 2.31. The molecule has 0 aromatic heterocycles. The molecule has 0 radical (unpaired) electrons. The topological polar surface area (TPSA) is 35.2 Å². The molecule has 0 heterocycles. The van der Waals surface area contributed by atoms with E-state index in [1.807, 2.05) is 13.8 Å². The minimum absolute atomic E-state index is 0.0598. The van der Waals surface area contributed by atoms with Gasteiger partial charge in [0, 0.05) is 16.6 Å². The molecule has 2 nitrogen and oxygen atoms in total. The summed E-state index contributed by atoms with van der Waals surface area (Å²) in [6.07, 6.45) is 0.548. The Kier molecular flexibility index (Phi) is 3.94. The van der Waals surface area contributed by atoms with Crippen LogP contribution in [0, 0.1) is 12.7 Å². The third-order valence-electron chi connectivity index (χ3n) is 2.29. The Morgan fingerprint density at radius 3 is 2.67 bits per heavy atom. The summed E-state index contributed by atoms with van der Waals surface area (Å²) in [5, 5.41) is 0.406. The van der Waals surface area contributed by atoms with Gasteiger partial charge in [-0.05, 0) is 31.9 Å². The van der Waals surface area contributed by atoms with Crippen molar-refractivity contribution in [3.8, 4) is 5.75 Å². The van der Waals surface area contributed by atoms with E-state index in [0.29, 0.717) is 11.4 Å². The fraction of sp³-hybridized carbons (Fsp3) is 0.455. The van der Waals surface area contributed by atoms with Crippen LogP contribution in [-0.4, -0.2) is 13.2 Å².